The van der Waals surface area contributed by atoms with Crippen molar-refractivity contribution in [3.63, 3.8) is 0 Å². The van der Waals surface area contributed by atoms with Crippen LogP contribution in [0, 0.1) is 0 Å². The Balaban J connectivity index is 1.82. The summed E-state index contributed by atoms with van der Waals surface area (Å²) in [6, 6.07) is 15.9. The highest BCUT2D eigenvalue weighted by molar-refractivity contribution is 6.00. The van der Waals surface area contributed by atoms with E-state index >= 15 is 0 Å². The summed E-state index contributed by atoms with van der Waals surface area (Å²) in [6.45, 7) is 8.14. The molecule has 1 aromatic heterocycles. The maximum atomic E-state index is 12.7. The van der Waals surface area contributed by atoms with Crippen LogP contribution in [0.5, 0.6) is 0 Å². The monoisotopic (exact) mass is 390 g/mol. The summed E-state index contributed by atoms with van der Waals surface area (Å²) in [7, 11) is 1.42. The van der Waals surface area contributed by atoms with Crippen LogP contribution >= 0.6 is 0 Å². The van der Waals surface area contributed by atoms with E-state index in [1.807, 2.05) is 35.8 Å². The van der Waals surface area contributed by atoms with Crippen molar-refractivity contribution in [3.05, 3.63) is 59.7 Å². The number of aromatic nitrogens is 2. The standard InChI is InChI=1S/C23H26N4O2/c1-5-26(6-2)17-13-11-16(12-14-17)21-20(22(28)29-4)15(3)27-19-10-8-7-9-18(19)24-23(27)25-21/h7-14,21H,5-6H2,1-4H3,(H,24,25). The molecule has 6 heteroatoms. The number of para-hydroxylation sites is 2. The van der Waals surface area contributed by atoms with E-state index in [0.717, 1.165) is 41.3 Å². The van der Waals surface area contributed by atoms with Gasteiger partial charge in [-0.25, -0.2) is 9.78 Å². The van der Waals surface area contributed by atoms with Crippen LogP contribution in [-0.2, 0) is 9.53 Å². The largest absolute Gasteiger partial charge is 0.466 e. The van der Waals surface area contributed by atoms with Crippen LogP contribution in [0.3, 0.4) is 0 Å². The summed E-state index contributed by atoms with van der Waals surface area (Å²) < 4.78 is 7.12. The van der Waals surface area contributed by atoms with Crippen LogP contribution in [0.4, 0.5) is 11.6 Å². The third-order valence-corrected chi connectivity index (χ3v) is 5.61. The number of imidazole rings is 1. The molecule has 1 N–H and O–H groups in total. The molecule has 2 aromatic carbocycles. The first kappa shape index (κ1) is 19.1. The minimum atomic E-state index is -0.337. The van der Waals surface area contributed by atoms with E-state index in [0.29, 0.717) is 5.57 Å². The third-order valence-electron chi connectivity index (χ3n) is 5.61. The summed E-state index contributed by atoms with van der Waals surface area (Å²) in [4.78, 5) is 19.8. The molecule has 29 heavy (non-hydrogen) atoms. The number of ether oxygens (including phenoxy) is 1. The summed E-state index contributed by atoms with van der Waals surface area (Å²) in [5, 5.41) is 3.45. The number of anilines is 2. The highest BCUT2D eigenvalue weighted by atomic mass is 16.5. The van der Waals surface area contributed by atoms with Gasteiger partial charge in [-0.15, -0.1) is 0 Å². The van der Waals surface area contributed by atoms with Crippen molar-refractivity contribution in [1.29, 1.82) is 0 Å². The lowest BCUT2D eigenvalue weighted by atomic mass is 9.95. The maximum absolute atomic E-state index is 12.7. The molecule has 0 spiro atoms. The molecule has 1 aliphatic heterocycles. The fraction of sp³-hybridized carbons (Fsp3) is 0.304. The van der Waals surface area contributed by atoms with Gasteiger partial charge in [-0.3, -0.25) is 4.57 Å². The van der Waals surface area contributed by atoms with Gasteiger partial charge in [0.1, 0.15) is 0 Å². The van der Waals surface area contributed by atoms with E-state index in [2.05, 4.69) is 48.3 Å². The Morgan fingerprint density at radius 2 is 1.83 bits per heavy atom. The molecule has 3 aromatic rings. The Morgan fingerprint density at radius 1 is 1.14 bits per heavy atom. The SMILES string of the molecule is CCN(CC)c1ccc(C2Nc3nc4ccccc4n3C(C)=C2C(=O)OC)cc1. The first-order valence-corrected chi connectivity index (χ1v) is 9.97. The van der Waals surface area contributed by atoms with Gasteiger partial charge in [0, 0.05) is 24.5 Å². The predicted molar refractivity (Wildman–Crippen MR) is 117 cm³/mol. The van der Waals surface area contributed by atoms with E-state index in [9.17, 15) is 4.79 Å². The molecule has 0 radical (unpaired) electrons. The third kappa shape index (κ3) is 3.14. The zero-order valence-corrected chi connectivity index (χ0v) is 17.3. The Bertz CT molecular complexity index is 1080. The molecule has 4 rings (SSSR count). The Labute approximate surface area is 170 Å². The summed E-state index contributed by atoms with van der Waals surface area (Å²) >= 11 is 0. The number of esters is 1. The van der Waals surface area contributed by atoms with Crippen LogP contribution in [0.25, 0.3) is 16.7 Å². The second-order valence-electron chi connectivity index (χ2n) is 7.09. The van der Waals surface area contributed by atoms with Gasteiger partial charge in [-0.1, -0.05) is 24.3 Å². The van der Waals surface area contributed by atoms with Gasteiger partial charge in [0.2, 0.25) is 5.95 Å². The minimum absolute atomic E-state index is 0.322. The molecule has 0 saturated carbocycles. The lowest BCUT2D eigenvalue weighted by molar-refractivity contribution is -0.136. The number of rotatable bonds is 5. The number of allylic oxidation sites excluding steroid dienone is 1. The zero-order chi connectivity index (χ0) is 20.5. The number of nitrogens with zero attached hydrogens (tertiary/aromatic N) is 3. The molecule has 0 saturated heterocycles. The number of benzene rings is 2. The molecule has 0 fully saturated rings. The first-order valence-electron chi connectivity index (χ1n) is 9.97. The topological polar surface area (TPSA) is 59.4 Å². The predicted octanol–water partition coefficient (Wildman–Crippen LogP) is 4.45. The normalized spacial score (nSPS) is 15.8. The molecule has 150 valence electrons. The summed E-state index contributed by atoms with van der Waals surface area (Å²) in [5.74, 6) is 0.394. The average Bonchev–Trinajstić information content (AvgIpc) is 3.13. The maximum Gasteiger partial charge on any atom is 0.337 e. The fourth-order valence-electron chi connectivity index (χ4n) is 4.08. The molecule has 0 amide bonds. The number of methoxy groups -OCH3 is 1. The molecule has 1 unspecified atom stereocenters. The van der Waals surface area contributed by atoms with Crippen LogP contribution in [0.15, 0.2) is 54.1 Å². The van der Waals surface area contributed by atoms with Crippen molar-refractivity contribution >= 4 is 34.3 Å². The highest BCUT2D eigenvalue weighted by Gasteiger charge is 2.33. The van der Waals surface area contributed by atoms with Crippen molar-refractivity contribution in [3.8, 4) is 0 Å². The molecule has 0 aliphatic carbocycles. The second kappa shape index (κ2) is 7.62. The number of carbonyl (C=O) groups is 1. The van der Waals surface area contributed by atoms with E-state index in [-0.39, 0.29) is 12.0 Å². The number of hydrogen-bond acceptors (Lipinski definition) is 5. The van der Waals surface area contributed by atoms with Crippen LogP contribution in [-0.4, -0.2) is 35.7 Å². The molecular formula is C23H26N4O2. The Morgan fingerprint density at radius 3 is 2.48 bits per heavy atom. The van der Waals surface area contributed by atoms with Gasteiger partial charge in [0.05, 0.1) is 29.8 Å². The molecule has 6 nitrogen and oxygen atoms in total. The van der Waals surface area contributed by atoms with Gasteiger partial charge in [0.25, 0.3) is 0 Å². The number of nitrogens with one attached hydrogen (secondary N) is 1. The average molecular weight is 390 g/mol. The first-order chi connectivity index (χ1) is 14.1. The Hall–Kier alpha value is -3.28. The number of carbonyl (C=O) groups excluding carboxylic acids is 1. The smallest absolute Gasteiger partial charge is 0.337 e. The molecule has 2 heterocycles. The molecule has 0 bridgehead atoms. The van der Waals surface area contributed by atoms with Crippen molar-refractivity contribution in [2.24, 2.45) is 0 Å². The minimum Gasteiger partial charge on any atom is -0.466 e. The summed E-state index contributed by atoms with van der Waals surface area (Å²) in [5.41, 5.74) is 5.44. The van der Waals surface area contributed by atoms with Crippen molar-refractivity contribution < 1.29 is 9.53 Å². The quantitative estimate of drug-likeness (QED) is 0.652. The van der Waals surface area contributed by atoms with E-state index in [1.165, 1.54) is 12.8 Å². The molecular weight excluding hydrogens is 364 g/mol. The van der Waals surface area contributed by atoms with Crippen molar-refractivity contribution in [2.45, 2.75) is 26.8 Å². The Kier molecular flexibility index (Phi) is 5.01. The molecule has 1 atom stereocenters. The lowest BCUT2D eigenvalue weighted by Crippen LogP contribution is -2.28. The van der Waals surface area contributed by atoms with Crippen LogP contribution in [0.1, 0.15) is 32.4 Å². The van der Waals surface area contributed by atoms with Gasteiger partial charge in [0.15, 0.2) is 0 Å². The number of fused-ring (bicyclic) bond motifs is 3. The van der Waals surface area contributed by atoms with Gasteiger partial charge >= 0.3 is 5.97 Å². The lowest BCUT2D eigenvalue weighted by Gasteiger charge is -2.29. The second-order valence-corrected chi connectivity index (χ2v) is 7.09. The summed E-state index contributed by atoms with van der Waals surface area (Å²) in [6.07, 6.45) is 0. The van der Waals surface area contributed by atoms with Gasteiger partial charge < -0.3 is 15.0 Å². The van der Waals surface area contributed by atoms with Crippen molar-refractivity contribution in [1.82, 2.24) is 9.55 Å². The zero-order valence-electron chi connectivity index (χ0n) is 17.3. The van der Waals surface area contributed by atoms with Crippen LogP contribution in [0.2, 0.25) is 0 Å². The van der Waals surface area contributed by atoms with Crippen LogP contribution < -0.4 is 10.2 Å². The highest BCUT2D eigenvalue weighted by Crippen LogP contribution is 2.39. The van der Waals surface area contributed by atoms with E-state index < -0.39 is 0 Å². The molecule has 1 aliphatic rings. The van der Waals surface area contributed by atoms with E-state index in [4.69, 9.17) is 9.72 Å². The number of hydrogen-bond donors (Lipinski definition) is 1. The van der Waals surface area contributed by atoms with Gasteiger partial charge in [-0.2, -0.15) is 0 Å². The van der Waals surface area contributed by atoms with Gasteiger partial charge in [-0.05, 0) is 50.6 Å². The van der Waals surface area contributed by atoms with Crippen molar-refractivity contribution in [2.75, 3.05) is 30.4 Å². The van der Waals surface area contributed by atoms with E-state index in [1.54, 1.807) is 0 Å². The fourth-order valence-corrected chi connectivity index (χ4v) is 4.08.